The Morgan fingerprint density at radius 1 is 1.32 bits per heavy atom. The summed E-state index contributed by atoms with van der Waals surface area (Å²) < 4.78 is 6.38. The highest BCUT2D eigenvalue weighted by molar-refractivity contribution is 9.10. The van der Waals surface area contributed by atoms with Crippen molar-refractivity contribution in [2.24, 2.45) is 5.92 Å². The van der Waals surface area contributed by atoms with Gasteiger partial charge in [-0.1, -0.05) is 35.0 Å². The van der Waals surface area contributed by atoms with E-state index in [1.165, 1.54) is 18.4 Å². The third-order valence-corrected chi connectivity index (χ3v) is 4.49. The largest absolute Gasteiger partial charge is 0.385 e. The van der Waals surface area contributed by atoms with Gasteiger partial charge < -0.3 is 10.1 Å². The molecule has 1 fully saturated rings. The first kappa shape index (κ1) is 15.0. The molecule has 0 aliphatic heterocycles. The summed E-state index contributed by atoms with van der Waals surface area (Å²) in [6, 6.07) is 9.54. The smallest absolute Gasteiger partial charge is 0.0465 e. The van der Waals surface area contributed by atoms with E-state index in [0.29, 0.717) is 11.8 Å². The molecule has 1 aromatic rings. The first-order valence-electron chi connectivity index (χ1n) is 7.18. The van der Waals surface area contributed by atoms with Gasteiger partial charge in [-0.2, -0.15) is 0 Å². The topological polar surface area (TPSA) is 21.3 Å². The fourth-order valence-electron chi connectivity index (χ4n) is 2.44. The van der Waals surface area contributed by atoms with Crippen LogP contribution >= 0.6 is 15.9 Å². The van der Waals surface area contributed by atoms with Crippen LogP contribution in [0.1, 0.15) is 37.7 Å². The molecule has 0 saturated heterocycles. The Balaban J connectivity index is 2.00. The van der Waals surface area contributed by atoms with Gasteiger partial charge >= 0.3 is 0 Å². The molecule has 3 heteroatoms. The first-order valence-corrected chi connectivity index (χ1v) is 7.97. The zero-order valence-electron chi connectivity index (χ0n) is 11.9. The minimum atomic E-state index is 0.573. The van der Waals surface area contributed by atoms with Gasteiger partial charge in [-0.05, 0) is 48.8 Å². The number of hydrogen-bond acceptors (Lipinski definition) is 2. The van der Waals surface area contributed by atoms with E-state index < -0.39 is 0 Å². The Bertz CT molecular complexity index is 375. The summed E-state index contributed by atoms with van der Waals surface area (Å²) in [5.74, 6) is 1.20. The average molecular weight is 326 g/mol. The quantitative estimate of drug-likeness (QED) is 0.781. The fourth-order valence-corrected chi connectivity index (χ4v) is 2.71. The second-order valence-electron chi connectivity index (χ2n) is 5.60. The SMILES string of the molecule is COCCC(C)C(CNC1CC1)c1ccc(Br)cc1. The number of methoxy groups -OCH3 is 1. The minimum absolute atomic E-state index is 0.573. The van der Waals surface area contributed by atoms with Gasteiger partial charge in [0.05, 0.1) is 0 Å². The van der Waals surface area contributed by atoms with E-state index in [1.54, 1.807) is 7.11 Å². The van der Waals surface area contributed by atoms with E-state index in [9.17, 15) is 0 Å². The molecule has 0 heterocycles. The highest BCUT2D eigenvalue weighted by Crippen LogP contribution is 2.29. The van der Waals surface area contributed by atoms with Crippen molar-refractivity contribution in [3.8, 4) is 0 Å². The molecule has 106 valence electrons. The average Bonchev–Trinajstić information content (AvgIpc) is 3.22. The number of ether oxygens (including phenoxy) is 1. The zero-order valence-corrected chi connectivity index (χ0v) is 13.4. The van der Waals surface area contributed by atoms with Crippen molar-refractivity contribution in [2.75, 3.05) is 20.3 Å². The molecule has 0 amide bonds. The first-order chi connectivity index (χ1) is 9.20. The Hall–Kier alpha value is -0.380. The number of rotatable bonds is 8. The van der Waals surface area contributed by atoms with E-state index >= 15 is 0 Å². The van der Waals surface area contributed by atoms with Crippen molar-refractivity contribution in [2.45, 2.75) is 38.1 Å². The maximum absolute atomic E-state index is 5.23. The second kappa shape index (κ2) is 7.41. The predicted octanol–water partition coefficient (Wildman–Crippen LogP) is 3.96. The molecule has 2 atom stereocenters. The summed E-state index contributed by atoms with van der Waals surface area (Å²) in [5.41, 5.74) is 1.43. The van der Waals surface area contributed by atoms with Gasteiger partial charge in [0.1, 0.15) is 0 Å². The number of halogens is 1. The van der Waals surface area contributed by atoms with E-state index in [2.05, 4.69) is 52.4 Å². The molecule has 19 heavy (non-hydrogen) atoms. The molecular weight excluding hydrogens is 302 g/mol. The molecule has 1 aliphatic carbocycles. The molecule has 0 bridgehead atoms. The summed E-state index contributed by atoms with van der Waals surface area (Å²) in [5, 5.41) is 3.67. The van der Waals surface area contributed by atoms with Crippen molar-refractivity contribution >= 4 is 15.9 Å². The highest BCUT2D eigenvalue weighted by atomic mass is 79.9. The lowest BCUT2D eigenvalue weighted by atomic mass is 9.85. The molecule has 1 aromatic carbocycles. The van der Waals surface area contributed by atoms with E-state index in [0.717, 1.165) is 30.1 Å². The van der Waals surface area contributed by atoms with Crippen LogP contribution < -0.4 is 5.32 Å². The molecule has 1 aliphatic rings. The van der Waals surface area contributed by atoms with Crippen LogP contribution in [-0.2, 0) is 4.74 Å². The molecule has 0 aromatic heterocycles. The van der Waals surface area contributed by atoms with E-state index in [-0.39, 0.29) is 0 Å². The summed E-state index contributed by atoms with van der Waals surface area (Å²) >= 11 is 3.51. The van der Waals surface area contributed by atoms with Gasteiger partial charge in [0, 0.05) is 30.8 Å². The predicted molar refractivity (Wildman–Crippen MR) is 83.6 cm³/mol. The van der Waals surface area contributed by atoms with Crippen molar-refractivity contribution in [1.82, 2.24) is 5.32 Å². The molecule has 1 N–H and O–H groups in total. The Labute approximate surface area is 125 Å². The molecule has 0 spiro atoms. The maximum atomic E-state index is 5.23. The monoisotopic (exact) mass is 325 g/mol. The normalized spacial score (nSPS) is 18.3. The third-order valence-electron chi connectivity index (χ3n) is 3.97. The van der Waals surface area contributed by atoms with Gasteiger partial charge in [0.2, 0.25) is 0 Å². The van der Waals surface area contributed by atoms with Crippen LogP contribution in [0.15, 0.2) is 28.7 Å². The third kappa shape index (κ3) is 4.90. The van der Waals surface area contributed by atoms with Gasteiger partial charge in [0.15, 0.2) is 0 Å². The summed E-state index contributed by atoms with van der Waals surface area (Å²) in [6.07, 6.45) is 3.81. The van der Waals surface area contributed by atoms with Gasteiger partial charge in [-0.25, -0.2) is 0 Å². The van der Waals surface area contributed by atoms with Crippen LogP contribution in [0.2, 0.25) is 0 Å². The van der Waals surface area contributed by atoms with Crippen LogP contribution in [-0.4, -0.2) is 26.3 Å². The van der Waals surface area contributed by atoms with Gasteiger partial charge in [-0.15, -0.1) is 0 Å². The zero-order chi connectivity index (χ0) is 13.7. The van der Waals surface area contributed by atoms with Crippen molar-refractivity contribution in [3.63, 3.8) is 0 Å². The molecule has 2 unspecified atom stereocenters. The summed E-state index contributed by atoms with van der Waals surface area (Å²) in [4.78, 5) is 0. The number of benzene rings is 1. The van der Waals surface area contributed by atoms with Gasteiger partial charge in [-0.3, -0.25) is 0 Å². The summed E-state index contributed by atoms with van der Waals surface area (Å²) in [7, 11) is 1.78. The van der Waals surface area contributed by atoms with Crippen LogP contribution in [0.3, 0.4) is 0 Å². The van der Waals surface area contributed by atoms with Crippen LogP contribution in [0.4, 0.5) is 0 Å². The molecule has 2 rings (SSSR count). The lowest BCUT2D eigenvalue weighted by Crippen LogP contribution is -2.27. The van der Waals surface area contributed by atoms with E-state index in [4.69, 9.17) is 4.74 Å². The molecule has 0 radical (unpaired) electrons. The lowest BCUT2D eigenvalue weighted by Gasteiger charge is -2.25. The standard InChI is InChI=1S/C16H24BrNO/c1-12(9-10-19-2)16(11-18-15-7-8-15)13-3-5-14(17)6-4-13/h3-6,12,15-16,18H,7-11H2,1-2H3. The second-order valence-corrected chi connectivity index (χ2v) is 6.52. The Morgan fingerprint density at radius 2 is 2.00 bits per heavy atom. The van der Waals surface area contributed by atoms with Crippen LogP contribution in [0, 0.1) is 5.92 Å². The number of nitrogens with one attached hydrogen (secondary N) is 1. The highest BCUT2D eigenvalue weighted by Gasteiger charge is 2.25. The number of hydrogen-bond donors (Lipinski definition) is 1. The van der Waals surface area contributed by atoms with Crippen LogP contribution in [0.5, 0.6) is 0 Å². The molecule has 2 nitrogen and oxygen atoms in total. The lowest BCUT2D eigenvalue weighted by molar-refractivity contribution is 0.173. The summed E-state index contributed by atoms with van der Waals surface area (Å²) in [6.45, 7) is 4.26. The van der Waals surface area contributed by atoms with Crippen molar-refractivity contribution in [1.29, 1.82) is 0 Å². The fraction of sp³-hybridized carbons (Fsp3) is 0.625. The van der Waals surface area contributed by atoms with Crippen molar-refractivity contribution < 1.29 is 4.74 Å². The molecule has 1 saturated carbocycles. The van der Waals surface area contributed by atoms with Crippen LogP contribution in [0.25, 0.3) is 0 Å². The minimum Gasteiger partial charge on any atom is -0.385 e. The Kier molecular flexibility index (Phi) is 5.86. The Morgan fingerprint density at radius 3 is 2.58 bits per heavy atom. The maximum Gasteiger partial charge on any atom is 0.0465 e. The van der Waals surface area contributed by atoms with Gasteiger partial charge in [0.25, 0.3) is 0 Å². The van der Waals surface area contributed by atoms with E-state index in [1.807, 2.05) is 0 Å². The molecular formula is C16H24BrNO. The van der Waals surface area contributed by atoms with Crippen molar-refractivity contribution in [3.05, 3.63) is 34.3 Å².